The molecule has 2 heterocycles. The fraction of sp³-hybridized carbons (Fsp3) is 0.250. The molecule has 0 saturated heterocycles. The quantitative estimate of drug-likeness (QED) is 0.828. The monoisotopic (exact) mass is 348 g/mol. The van der Waals surface area contributed by atoms with Crippen molar-refractivity contribution >= 4 is 6.21 Å². The van der Waals surface area contributed by atoms with Gasteiger partial charge in [-0.1, -0.05) is 0 Å². The highest BCUT2D eigenvalue weighted by Crippen LogP contribution is 2.36. The number of halogens is 3. The van der Waals surface area contributed by atoms with Gasteiger partial charge in [0.2, 0.25) is 0 Å². The van der Waals surface area contributed by atoms with Crippen LogP contribution in [0.3, 0.4) is 0 Å². The van der Waals surface area contributed by atoms with Crippen molar-refractivity contribution in [2.75, 3.05) is 0 Å². The van der Waals surface area contributed by atoms with Crippen molar-refractivity contribution < 1.29 is 13.2 Å². The molecule has 1 aromatic heterocycles. The number of fused-ring (bicyclic) bond motifs is 1. The standard InChI is InChI=1S/C16H11F3N4O2/c1-22-8-13(14(24)23(3-2-20)15(22)25)11-5-10(16(17,18)19)4-9-6-21-7-12(9)11/h4-5,7-8H,3,6H2,1H3. The maximum absolute atomic E-state index is 13.2. The first-order valence-electron chi connectivity index (χ1n) is 7.15. The molecule has 0 N–H and O–H groups in total. The van der Waals surface area contributed by atoms with E-state index < -0.39 is 29.5 Å². The minimum atomic E-state index is -4.58. The van der Waals surface area contributed by atoms with Gasteiger partial charge >= 0.3 is 11.9 Å². The van der Waals surface area contributed by atoms with Gasteiger partial charge in [0.05, 0.1) is 23.7 Å². The second-order valence-electron chi connectivity index (χ2n) is 5.55. The van der Waals surface area contributed by atoms with Crippen LogP contribution in [0.25, 0.3) is 11.1 Å². The fourth-order valence-corrected chi connectivity index (χ4v) is 2.74. The van der Waals surface area contributed by atoms with Crippen LogP contribution < -0.4 is 11.2 Å². The summed E-state index contributed by atoms with van der Waals surface area (Å²) in [5.41, 5.74) is -1.71. The highest BCUT2D eigenvalue weighted by molar-refractivity contribution is 5.94. The molecule has 0 fully saturated rings. The summed E-state index contributed by atoms with van der Waals surface area (Å²) in [6.45, 7) is -0.404. The molecule has 0 bridgehead atoms. The van der Waals surface area contributed by atoms with Crippen molar-refractivity contribution in [3.8, 4) is 17.2 Å². The van der Waals surface area contributed by atoms with E-state index in [-0.39, 0.29) is 17.7 Å². The van der Waals surface area contributed by atoms with Crippen LogP contribution >= 0.6 is 0 Å². The van der Waals surface area contributed by atoms with Gasteiger partial charge in [0, 0.05) is 25.0 Å². The molecule has 0 atom stereocenters. The fourth-order valence-electron chi connectivity index (χ4n) is 2.74. The predicted molar refractivity (Wildman–Crippen MR) is 83.3 cm³/mol. The Balaban J connectivity index is 2.37. The summed E-state index contributed by atoms with van der Waals surface area (Å²) in [6.07, 6.45) is -2.00. The Morgan fingerprint density at radius 1 is 1.28 bits per heavy atom. The molecule has 128 valence electrons. The largest absolute Gasteiger partial charge is 0.416 e. The zero-order valence-electron chi connectivity index (χ0n) is 13.0. The third-order valence-corrected chi connectivity index (χ3v) is 3.92. The van der Waals surface area contributed by atoms with Crippen molar-refractivity contribution in [3.63, 3.8) is 0 Å². The van der Waals surface area contributed by atoms with Gasteiger partial charge in [0.1, 0.15) is 6.54 Å². The second kappa shape index (κ2) is 5.73. The summed E-state index contributed by atoms with van der Waals surface area (Å²) in [6, 6.07) is 3.57. The summed E-state index contributed by atoms with van der Waals surface area (Å²) in [5, 5.41) is 8.80. The Morgan fingerprint density at radius 3 is 2.64 bits per heavy atom. The highest BCUT2D eigenvalue weighted by atomic mass is 19.4. The van der Waals surface area contributed by atoms with Crippen molar-refractivity contribution in [1.82, 2.24) is 9.13 Å². The van der Waals surface area contributed by atoms with E-state index in [1.54, 1.807) is 6.07 Å². The number of benzene rings is 1. The molecular formula is C16H11F3N4O2. The minimum absolute atomic E-state index is 0.0402. The Labute approximate surface area is 139 Å². The number of nitriles is 1. The lowest BCUT2D eigenvalue weighted by Gasteiger charge is -2.14. The van der Waals surface area contributed by atoms with E-state index in [2.05, 4.69) is 4.99 Å². The minimum Gasteiger partial charge on any atom is -0.303 e. The summed E-state index contributed by atoms with van der Waals surface area (Å²) in [5.74, 6) is 0. The number of hydrogen-bond acceptors (Lipinski definition) is 4. The van der Waals surface area contributed by atoms with E-state index in [1.165, 1.54) is 19.5 Å². The Kier molecular flexibility index (Phi) is 3.83. The Hall–Kier alpha value is -3.15. The van der Waals surface area contributed by atoms with E-state index in [0.29, 0.717) is 15.7 Å². The molecule has 0 amide bonds. The molecule has 2 aromatic rings. The lowest BCUT2D eigenvalue weighted by molar-refractivity contribution is -0.137. The second-order valence-corrected chi connectivity index (χ2v) is 5.55. The number of alkyl halides is 3. The number of rotatable bonds is 2. The average Bonchev–Trinajstić information content (AvgIpc) is 3.02. The zero-order valence-corrected chi connectivity index (χ0v) is 13.0. The first-order chi connectivity index (χ1) is 11.7. The maximum atomic E-state index is 13.2. The molecule has 0 radical (unpaired) electrons. The molecule has 25 heavy (non-hydrogen) atoms. The van der Waals surface area contributed by atoms with Gasteiger partial charge in [0.25, 0.3) is 5.56 Å². The van der Waals surface area contributed by atoms with E-state index in [4.69, 9.17) is 5.26 Å². The van der Waals surface area contributed by atoms with Gasteiger partial charge in [-0.3, -0.25) is 9.79 Å². The molecule has 3 rings (SSSR count). The van der Waals surface area contributed by atoms with E-state index in [0.717, 1.165) is 16.7 Å². The SMILES string of the molecule is Cn1cc(-c2cc(C(F)(F)F)cc3c2C=NC3)c(=O)n(CC#N)c1=O. The topological polar surface area (TPSA) is 80.2 Å². The summed E-state index contributed by atoms with van der Waals surface area (Å²) < 4.78 is 41.3. The van der Waals surface area contributed by atoms with Gasteiger partial charge in [-0.25, -0.2) is 9.36 Å². The smallest absolute Gasteiger partial charge is 0.303 e. The first-order valence-corrected chi connectivity index (χ1v) is 7.15. The Morgan fingerprint density at radius 2 is 2.00 bits per heavy atom. The molecule has 1 aliphatic rings. The van der Waals surface area contributed by atoms with Crippen LogP contribution in [0.4, 0.5) is 13.2 Å². The lowest BCUT2D eigenvalue weighted by atomic mass is 9.95. The first kappa shape index (κ1) is 16.7. The van der Waals surface area contributed by atoms with Crippen molar-refractivity contribution in [2.45, 2.75) is 19.3 Å². The molecule has 0 unspecified atom stereocenters. The molecule has 6 nitrogen and oxygen atoms in total. The van der Waals surface area contributed by atoms with E-state index >= 15 is 0 Å². The molecule has 0 saturated carbocycles. The molecule has 9 heteroatoms. The van der Waals surface area contributed by atoms with Crippen molar-refractivity contribution in [3.05, 3.63) is 55.9 Å². The third-order valence-electron chi connectivity index (χ3n) is 3.92. The van der Waals surface area contributed by atoms with Crippen LogP contribution in [0, 0.1) is 11.3 Å². The predicted octanol–water partition coefficient (Wildman–Crippen LogP) is 1.69. The van der Waals surface area contributed by atoms with Gasteiger partial charge < -0.3 is 4.57 Å². The van der Waals surface area contributed by atoms with Crippen molar-refractivity contribution in [2.24, 2.45) is 12.0 Å². The molecule has 1 aromatic carbocycles. The van der Waals surface area contributed by atoms with E-state index in [1.807, 2.05) is 0 Å². The van der Waals surface area contributed by atoms with Gasteiger partial charge in [-0.05, 0) is 23.3 Å². The molecule has 0 aliphatic carbocycles. The van der Waals surface area contributed by atoms with E-state index in [9.17, 15) is 22.8 Å². The van der Waals surface area contributed by atoms with Crippen LogP contribution in [0.2, 0.25) is 0 Å². The van der Waals surface area contributed by atoms with Gasteiger partial charge in [-0.2, -0.15) is 18.4 Å². The normalized spacial score (nSPS) is 12.9. The lowest BCUT2D eigenvalue weighted by Crippen LogP contribution is -2.39. The van der Waals surface area contributed by atoms with Crippen LogP contribution in [0.15, 0.2) is 32.9 Å². The third kappa shape index (κ3) is 2.76. The number of aryl methyl sites for hydroxylation is 1. The molecule has 0 spiro atoms. The number of aromatic nitrogens is 2. The van der Waals surface area contributed by atoms with Crippen LogP contribution in [0.5, 0.6) is 0 Å². The average molecular weight is 348 g/mol. The van der Waals surface area contributed by atoms with Gasteiger partial charge in [-0.15, -0.1) is 0 Å². The summed E-state index contributed by atoms with van der Waals surface area (Å²) in [7, 11) is 1.36. The number of hydrogen-bond donors (Lipinski definition) is 0. The number of nitrogens with zero attached hydrogens (tertiary/aromatic N) is 4. The highest BCUT2D eigenvalue weighted by Gasteiger charge is 2.33. The summed E-state index contributed by atoms with van der Waals surface area (Å²) >= 11 is 0. The zero-order chi connectivity index (χ0) is 18.4. The molecular weight excluding hydrogens is 337 g/mol. The summed E-state index contributed by atoms with van der Waals surface area (Å²) in [4.78, 5) is 28.5. The van der Waals surface area contributed by atoms with Crippen molar-refractivity contribution in [1.29, 1.82) is 5.26 Å². The maximum Gasteiger partial charge on any atom is 0.416 e. The van der Waals surface area contributed by atoms with Crippen LogP contribution in [-0.2, 0) is 26.3 Å². The van der Waals surface area contributed by atoms with Crippen LogP contribution in [-0.4, -0.2) is 15.3 Å². The Bertz CT molecular complexity index is 1060. The number of aliphatic imine (C=N–C) groups is 1. The molecule has 1 aliphatic heterocycles. The van der Waals surface area contributed by atoms with Gasteiger partial charge in [0.15, 0.2) is 0 Å². The van der Waals surface area contributed by atoms with Crippen LogP contribution in [0.1, 0.15) is 16.7 Å².